The highest BCUT2D eigenvalue weighted by Gasteiger charge is 2.40. The molecule has 1 N–H and O–H groups in total. The Morgan fingerprint density at radius 2 is 1.71 bits per heavy atom. The molecular formula is C28H35ClN2O4. The summed E-state index contributed by atoms with van der Waals surface area (Å²) in [6.07, 6.45) is 0.833. The first kappa shape index (κ1) is 26.7. The van der Waals surface area contributed by atoms with Crippen molar-refractivity contribution >= 4 is 29.4 Å². The van der Waals surface area contributed by atoms with Gasteiger partial charge in [0.25, 0.3) is 5.91 Å². The van der Waals surface area contributed by atoms with E-state index in [-0.39, 0.29) is 23.1 Å². The maximum atomic E-state index is 13.6. The molecule has 0 aliphatic carbocycles. The molecule has 0 spiro atoms. The molecule has 1 unspecified atom stereocenters. The first-order chi connectivity index (χ1) is 16.4. The van der Waals surface area contributed by atoms with Crippen LogP contribution < -0.4 is 5.32 Å². The van der Waals surface area contributed by atoms with Gasteiger partial charge in [-0.1, -0.05) is 51.4 Å². The van der Waals surface area contributed by atoms with E-state index in [0.29, 0.717) is 35.2 Å². The van der Waals surface area contributed by atoms with Crippen LogP contribution in [0, 0.1) is 18.3 Å². The van der Waals surface area contributed by atoms with Crippen molar-refractivity contribution < 1.29 is 19.1 Å². The Labute approximate surface area is 213 Å². The van der Waals surface area contributed by atoms with Gasteiger partial charge in [0.05, 0.1) is 12.7 Å². The lowest BCUT2D eigenvalue weighted by Gasteiger charge is -2.45. The second kappa shape index (κ2) is 10.8. The standard InChI is InChI=1S/C28H35ClN2O4/c1-17(2)24(30-25(32)20-13-18(3)14-21(15-20)27(34)35-6)26(33)31-12-11-23(28(4,5)16-31)19-7-9-22(29)10-8-19/h7-10,13-15,17,23-24H,11-12,16H2,1-6H3,(H,30,32)/t23?,24-/m1/s1. The smallest absolute Gasteiger partial charge is 0.337 e. The summed E-state index contributed by atoms with van der Waals surface area (Å²) in [5.74, 6) is -0.781. The number of carbonyl (C=O) groups is 3. The van der Waals surface area contributed by atoms with E-state index < -0.39 is 12.0 Å². The van der Waals surface area contributed by atoms with E-state index in [1.165, 1.54) is 18.7 Å². The third kappa shape index (κ3) is 6.23. The molecular weight excluding hydrogens is 464 g/mol. The molecule has 35 heavy (non-hydrogen) atoms. The lowest BCUT2D eigenvalue weighted by atomic mass is 9.70. The highest BCUT2D eigenvalue weighted by Crippen LogP contribution is 2.42. The summed E-state index contributed by atoms with van der Waals surface area (Å²) in [4.78, 5) is 40.5. The van der Waals surface area contributed by atoms with Crippen LogP contribution in [0.2, 0.25) is 5.02 Å². The molecule has 1 heterocycles. The Bertz CT molecular complexity index is 1090. The fourth-order valence-corrected chi connectivity index (χ4v) is 5.07. The number of hydrogen-bond donors (Lipinski definition) is 1. The molecule has 3 rings (SSSR count). The number of aryl methyl sites for hydroxylation is 1. The van der Waals surface area contributed by atoms with Gasteiger partial charge < -0.3 is 15.0 Å². The number of amides is 2. The van der Waals surface area contributed by atoms with Crippen molar-refractivity contribution in [1.29, 1.82) is 0 Å². The van der Waals surface area contributed by atoms with Crippen LogP contribution in [0.5, 0.6) is 0 Å². The van der Waals surface area contributed by atoms with Gasteiger partial charge in [0.1, 0.15) is 6.04 Å². The molecule has 6 nitrogen and oxygen atoms in total. The number of likely N-dealkylation sites (tertiary alicyclic amines) is 1. The molecule has 1 fully saturated rings. The zero-order valence-electron chi connectivity index (χ0n) is 21.4. The van der Waals surface area contributed by atoms with Gasteiger partial charge in [-0.05, 0) is 72.1 Å². The van der Waals surface area contributed by atoms with Crippen LogP contribution in [-0.2, 0) is 9.53 Å². The lowest BCUT2D eigenvalue weighted by molar-refractivity contribution is -0.137. The number of rotatable bonds is 6. The number of nitrogens with one attached hydrogen (secondary N) is 1. The van der Waals surface area contributed by atoms with Crippen LogP contribution in [0.1, 0.15) is 71.9 Å². The minimum atomic E-state index is -0.674. The number of nitrogens with zero attached hydrogens (tertiary/aromatic N) is 1. The first-order valence-electron chi connectivity index (χ1n) is 12.0. The maximum Gasteiger partial charge on any atom is 0.337 e. The normalized spacial score (nSPS) is 18.2. The molecule has 1 aliphatic heterocycles. The van der Waals surface area contributed by atoms with Crippen molar-refractivity contribution in [3.8, 4) is 0 Å². The van der Waals surface area contributed by atoms with Crippen LogP contribution in [0.3, 0.4) is 0 Å². The minimum Gasteiger partial charge on any atom is -0.465 e. The zero-order valence-corrected chi connectivity index (χ0v) is 22.1. The lowest BCUT2D eigenvalue weighted by Crippen LogP contribution is -2.55. The van der Waals surface area contributed by atoms with E-state index in [1.807, 2.05) is 30.9 Å². The van der Waals surface area contributed by atoms with Crippen LogP contribution in [0.15, 0.2) is 42.5 Å². The quantitative estimate of drug-likeness (QED) is 0.553. The topological polar surface area (TPSA) is 75.7 Å². The van der Waals surface area contributed by atoms with Gasteiger partial charge in [0.15, 0.2) is 0 Å². The van der Waals surface area contributed by atoms with Crippen LogP contribution >= 0.6 is 11.6 Å². The highest BCUT2D eigenvalue weighted by atomic mass is 35.5. The average Bonchev–Trinajstić information content (AvgIpc) is 2.80. The minimum absolute atomic E-state index is 0.0863. The molecule has 2 aromatic carbocycles. The monoisotopic (exact) mass is 498 g/mol. The van der Waals surface area contributed by atoms with E-state index >= 15 is 0 Å². The third-order valence-electron chi connectivity index (χ3n) is 6.79. The Balaban J connectivity index is 1.76. The number of benzene rings is 2. The fourth-order valence-electron chi connectivity index (χ4n) is 4.94. The molecule has 1 saturated heterocycles. The fraction of sp³-hybridized carbons (Fsp3) is 0.464. The van der Waals surface area contributed by atoms with Gasteiger partial charge in [-0.3, -0.25) is 9.59 Å². The molecule has 1 aliphatic rings. The van der Waals surface area contributed by atoms with Crippen molar-refractivity contribution in [2.24, 2.45) is 11.3 Å². The van der Waals surface area contributed by atoms with E-state index in [9.17, 15) is 14.4 Å². The number of methoxy groups -OCH3 is 1. The second-order valence-electron chi connectivity index (χ2n) is 10.4. The van der Waals surface area contributed by atoms with Gasteiger partial charge in [0, 0.05) is 23.7 Å². The number of piperidine rings is 1. The zero-order chi connectivity index (χ0) is 25.9. The summed E-state index contributed by atoms with van der Waals surface area (Å²) in [7, 11) is 1.30. The van der Waals surface area contributed by atoms with Crippen molar-refractivity contribution in [2.45, 2.75) is 53.0 Å². The molecule has 0 radical (unpaired) electrons. The number of ether oxygens (including phenoxy) is 1. The van der Waals surface area contributed by atoms with Gasteiger partial charge >= 0.3 is 5.97 Å². The largest absolute Gasteiger partial charge is 0.465 e. The van der Waals surface area contributed by atoms with Crippen molar-refractivity contribution in [3.63, 3.8) is 0 Å². The van der Waals surface area contributed by atoms with Gasteiger partial charge in [0.2, 0.25) is 5.91 Å². The highest BCUT2D eigenvalue weighted by molar-refractivity contribution is 6.30. The van der Waals surface area contributed by atoms with E-state index in [2.05, 4.69) is 31.3 Å². The molecule has 0 aromatic heterocycles. The number of esters is 1. The summed E-state index contributed by atoms with van der Waals surface area (Å²) < 4.78 is 4.79. The average molecular weight is 499 g/mol. The van der Waals surface area contributed by atoms with Crippen molar-refractivity contribution in [1.82, 2.24) is 10.2 Å². The molecule has 2 atom stereocenters. The van der Waals surface area contributed by atoms with Crippen LogP contribution in [-0.4, -0.2) is 48.9 Å². The number of halogens is 1. The summed E-state index contributed by atoms with van der Waals surface area (Å²) in [6.45, 7) is 11.2. The first-order valence-corrected chi connectivity index (χ1v) is 12.4. The summed E-state index contributed by atoms with van der Waals surface area (Å²) in [5.41, 5.74) is 2.47. The molecule has 2 amide bonds. The van der Waals surface area contributed by atoms with E-state index in [0.717, 1.165) is 12.0 Å². The Hall–Kier alpha value is -2.86. The number of hydrogen-bond acceptors (Lipinski definition) is 4. The predicted molar refractivity (Wildman–Crippen MR) is 138 cm³/mol. The Morgan fingerprint density at radius 1 is 1.09 bits per heavy atom. The van der Waals surface area contributed by atoms with Gasteiger partial charge in [-0.2, -0.15) is 0 Å². The predicted octanol–water partition coefficient (Wildman–Crippen LogP) is 5.23. The summed E-state index contributed by atoms with van der Waals surface area (Å²) >= 11 is 6.07. The van der Waals surface area contributed by atoms with Crippen LogP contribution in [0.4, 0.5) is 0 Å². The molecule has 2 aromatic rings. The summed E-state index contributed by atoms with van der Waals surface area (Å²) in [6, 6.07) is 12.1. The van der Waals surface area contributed by atoms with Gasteiger partial charge in [-0.15, -0.1) is 0 Å². The molecule has 188 valence electrons. The molecule has 0 saturated carbocycles. The third-order valence-corrected chi connectivity index (χ3v) is 7.05. The molecule has 0 bridgehead atoms. The van der Waals surface area contributed by atoms with Crippen molar-refractivity contribution in [3.05, 3.63) is 69.7 Å². The maximum absolute atomic E-state index is 13.6. The van der Waals surface area contributed by atoms with Gasteiger partial charge in [-0.25, -0.2) is 4.79 Å². The summed E-state index contributed by atoms with van der Waals surface area (Å²) in [5, 5.41) is 3.63. The molecule has 7 heteroatoms. The second-order valence-corrected chi connectivity index (χ2v) is 10.9. The SMILES string of the molecule is COC(=O)c1cc(C)cc(C(=O)N[C@@H](C(=O)N2CCC(c3ccc(Cl)cc3)C(C)(C)C2)C(C)C)c1. The Morgan fingerprint density at radius 3 is 2.29 bits per heavy atom. The van der Waals surface area contributed by atoms with E-state index in [4.69, 9.17) is 16.3 Å². The van der Waals surface area contributed by atoms with Crippen LogP contribution in [0.25, 0.3) is 0 Å². The van der Waals surface area contributed by atoms with Crippen molar-refractivity contribution in [2.75, 3.05) is 20.2 Å². The van der Waals surface area contributed by atoms with E-state index in [1.54, 1.807) is 19.1 Å². The Kier molecular flexibility index (Phi) is 8.26. The number of carbonyl (C=O) groups excluding carboxylic acids is 3.